The fraction of sp³-hybridized carbons (Fsp3) is 0.391. The Morgan fingerprint density at radius 3 is 2.55 bits per heavy atom. The summed E-state index contributed by atoms with van der Waals surface area (Å²) in [4.78, 5) is 25.7. The maximum absolute atomic E-state index is 12.5. The van der Waals surface area contributed by atoms with Gasteiger partial charge in [-0.3, -0.25) is 4.79 Å². The van der Waals surface area contributed by atoms with Crippen molar-refractivity contribution in [2.75, 3.05) is 17.7 Å². The first-order valence-electron chi connectivity index (χ1n) is 10.8. The number of aromatic nitrogens is 3. The van der Waals surface area contributed by atoms with Gasteiger partial charge in [0, 0.05) is 11.9 Å². The minimum atomic E-state index is -0.432. The van der Waals surface area contributed by atoms with Crippen molar-refractivity contribution in [1.29, 1.82) is 0 Å². The van der Waals surface area contributed by atoms with Crippen LogP contribution in [0.3, 0.4) is 0 Å². The Kier molecular flexibility index (Phi) is 8.90. The van der Waals surface area contributed by atoms with Crippen molar-refractivity contribution < 1.29 is 19.1 Å². The molecule has 8 nitrogen and oxygen atoms in total. The highest BCUT2D eigenvalue weighted by atomic mass is 32.2. The summed E-state index contributed by atoms with van der Waals surface area (Å²) in [6, 6.07) is 9.73. The van der Waals surface area contributed by atoms with Crippen LogP contribution in [0.4, 0.5) is 5.00 Å². The van der Waals surface area contributed by atoms with E-state index in [1.54, 1.807) is 13.0 Å². The van der Waals surface area contributed by atoms with Gasteiger partial charge < -0.3 is 19.4 Å². The van der Waals surface area contributed by atoms with E-state index in [1.807, 2.05) is 42.8 Å². The summed E-state index contributed by atoms with van der Waals surface area (Å²) in [6.45, 7) is 6.41. The summed E-state index contributed by atoms with van der Waals surface area (Å²) in [5.41, 5.74) is 1.64. The van der Waals surface area contributed by atoms with Gasteiger partial charge in [0.1, 0.15) is 17.4 Å². The Bertz CT molecular complexity index is 1090. The molecule has 0 atom stereocenters. The van der Waals surface area contributed by atoms with E-state index in [1.165, 1.54) is 28.7 Å². The quantitative estimate of drug-likeness (QED) is 0.314. The van der Waals surface area contributed by atoms with Crippen molar-refractivity contribution in [3.8, 4) is 5.75 Å². The molecule has 0 saturated carbocycles. The number of rotatable bonds is 11. The molecule has 0 fully saturated rings. The van der Waals surface area contributed by atoms with Gasteiger partial charge in [-0.25, -0.2) is 4.79 Å². The highest BCUT2D eigenvalue weighted by Crippen LogP contribution is 2.30. The minimum Gasteiger partial charge on any atom is -0.486 e. The first-order valence-corrected chi connectivity index (χ1v) is 12.6. The van der Waals surface area contributed by atoms with Crippen LogP contribution >= 0.6 is 23.1 Å². The summed E-state index contributed by atoms with van der Waals surface area (Å²) in [5.74, 6) is 0.898. The van der Waals surface area contributed by atoms with Crippen LogP contribution in [-0.2, 0) is 36.0 Å². The third-order valence-electron chi connectivity index (χ3n) is 4.84. The maximum atomic E-state index is 12.5. The lowest BCUT2D eigenvalue weighted by atomic mass is 10.2. The smallest absolute Gasteiger partial charge is 0.341 e. The predicted molar refractivity (Wildman–Crippen MR) is 130 cm³/mol. The third kappa shape index (κ3) is 6.58. The number of aryl methyl sites for hydroxylation is 2. The minimum absolute atomic E-state index is 0.132. The second-order valence-electron chi connectivity index (χ2n) is 7.11. The summed E-state index contributed by atoms with van der Waals surface area (Å²) < 4.78 is 12.7. The van der Waals surface area contributed by atoms with Crippen molar-refractivity contribution in [2.45, 2.75) is 45.4 Å². The van der Waals surface area contributed by atoms with Crippen molar-refractivity contribution in [1.82, 2.24) is 14.8 Å². The number of hydrogen-bond donors (Lipinski definition) is 1. The molecule has 3 rings (SSSR count). The van der Waals surface area contributed by atoms with Crippen molar-refractivity contribution in [3.05, 3.63) is 52.2 Å². The fourth-order valence-corrected chi connectivity index (χ4v) is 4.66. The number of anilines is 1. The van der Waals surface area contributed by atoms with Crippen molar-refractivity contribution in [2.24, 2.45) is 7.05 Å². The number of nitrogens with one attached hydrogen (secondary N) is 1. The number of thiophene rings is 1. The summed E-state index contributed by atoms with van der Waals surface area (Å²) in [5, 5.41) is 12.3. The molecule has 0 radical (unpaired) electrons. The molecule has 0 aliphatic heterocycles. The van der Waals surface area contributed by atoms with E-state index < -0.39 is 5.97 Å². The molecule has 3 aromatic rings. The normalized spacial score (nSPS) is 10.8. The Labute approximate surface area is 201 Å². The second kappa shape index (κ2) is 11.9. The molecular formula is C23H28N4O4S2. The van der Waals surface area contributed by atoms with Crippen LogP contribution in [0, 0.1) is 0 Å². The SMILES string of the molecule is CCOC(=O)c1cc(CC)sc1NC(=O)CSc1nnc(COc2ccc(CC)cc2)n1C. The van der Waals surface area contributed by atoms with Gasteiger partial charge in [0.25, 0.3) is 0 Å². The lowest BCUT2D eigenvalue weighted by Gasteiger charge is -2.08. The number of ether oxygens (including phenoxy) is 2. The van der Waals surface area contributed by atoms with Crippen molar-refractivity contribution >= 4 is 40.0 Å². The number of carbonyl (C=O) groups is 2. The first kappa shape index (κ1) is 24.8. The monoisotopic (exact) mass is 488 g/mol. The predicted octanol–water partition coefficient (Wildman–Crippen LogP) is 4.49. The number of carbonyl (C=O) groups excluding carboxylic acids is 2. The topological polar surface area (TPSA) is 95.3 Å². The zero-order valence-electron chi connectivity index (χ0n) is 19.2. The average Bonchev–Trinajstić information content (AvgIpc) is 3.39. The molecular weight excluding hydrogens is 460 g/mol. The molecule has 0 spiro atoms. The van der Waals surface area contributed by atoms with Gasteiger partial charge in [-0.15, -0.1) is 21.5 Å². The van der Waals surface area contributed by atoms with Gasteiger partial charge in [0.15, 0.2) is 11.0 Å². The van der Waals surface area contributed by atoms with E-state index in [0.717, 1.165) is 23.5 Å². The Balaban J connectivity index is 1.56. The molecule has 2 heterocycles. The van der Waals surface area contributed by atoms with Crippen LogP contribution < -0.4 is 10.1 Å². The highest BCUT2D eigenvalue weighted by Gasteiger charge is 2.19. The number of esters is 1. The van der Waals surface area contributed by atoms with Crippen LogP contribution in [0.25, 0.3) is 0 Å². The molecule has 176 valence electrons. The lowest BCUT2D eigenvalue weighted by Crippen LogP contribution is -2.16. The Hall–Kier alpha value is -2.85. The van der Waals surface area contributed by atoms with E-state index in [0.29, 0.717) is 21.5 Å². The molecule has 0 aliphatic carbocycles. The van der Waals surface area contributed by atoms with E-state index in [9.17, 15) is 9.59 Å². The van der Waals surface area contributed by atoms with Gasteiger partial charge in [0.05, 0.1) is 17.9 Å². The fourth-order valence-electron chi connectivity index (χ4n) is 2.93. The summed E-state index contributed by atoms with van der Waals surface area (Å²) >= 11 is 2.66. The molecule has 0 aliphatic rings. The highest BCUT2D eigenvalue weighted by molar-refractivity contribution is 7.99. The van der Waals surface area contributed by atoms with E-state index in [-0.39, 0.29) is 24.9 Å². The summed E-state index contributed by atoms with van der Waals surface area (Å²) in [7, 11) is 1.84. The number of thioether (sulfide) groups is 1. The van der Waals surface area contributed by atoms with E-state index >= 15 is 0 Å². The second-order valence-corrected chi connectivity index (χ2v) is 9.19. The molecule has 33 heavy (non-hydrogen) atoms. The Morgan fingerprint density at radius 1 is 1.12 bits per heavy atom. The Morgan fingerprint density at radius 2 is 1.88 bits per heavy atom. The van der Waals surface area contributed by atoms with Gasteiger partial charge in [-0.2, -0.15) is 0 Å². The molecule has 0 saturated heterocycles. The number of amides is 1. The molecule has 1 N–H and O–H groups in total. The van der Waals surface area contributed by atoms with Crippen LogP contribution in [0.5, 0.6) is 5.75 Å². The third-order valence-corrected chi connectivity index (χ3v) is 7.05. The number of benzene rings is 1. The van der Waals surface area contributed by atoms with Crippen LogP contribution in [0.15, 0.2) is 35.5 Å². The summed E-state index contributed by atoms with van der Waals surface area (Å²) in [6.07, 6.45) is 1.75. The van der Waals surface area contributed by atoms with E-state index in [4.69, 9.17) is 9.47 Å². The van der Waals surface area contributed by atoms with Crippen molar-refractivity contribution in [3.63, 3.8) is 0 Å². The molecule has 0 bridgehead atoms. The van der Waals surface area contributed by atoms with Gasteiger partial charge in [-0.05, 0) is 43.5 Å². The zero-order chi connectivity index (χ0) is 23.8. The van der Waals surface area contributed by atoms with E-state index in [2.05, 4.69) is 22.4 Å². The lowest BCUT2D eigenvalue weighted by molar-refractivity contribution is -0.113. The number of nitrogens with zero attached hydrogens (tertiary/aromatic N) is 3. The van der Waals surface area contributed by atoms with Gasteiger partial charge >= 0.3 is 5.97 Å². The molecule has 10 heteroatoms. The zero-order valence-corrected chi connectivity index (χ0v) is 20.8. The molecule has 1 aromatic carbocycles. The molecule has 2 aromatic heterocycles. The molecule has 1 amide bonds. The van der Waals surface area contributed by atoms with Gasteiger partial charge in [-0.1, -0.05) is 37.7 Å². The molecule has 0 unspecified atom stereocenters. The average molecular weight is 489 g/mol. The number of hydrogen-bond acceptors (Lipinski definition) is 8. The standard InChI is InChI=1S/C23H28N4O4S2/c1-5-15-8-10-16(11-9-15)31-13-19-25-26-23(27(19)4)32-14-20(28)24-21-18(22(29)30-7-3)12-17(6-2)33-21/h8-12H,5-7,13-14H2,1-4H3,(H,24,28). The van der Waals surface area contributed by atoms with Crippen LogP contribution in [-0.4, -0.2) is 39.0 Å². The maximum Gasteiger partial charge on any atom is 0.341 e. The van der Waals surface area contributed by atoms with Gasteiger partial charge in [0.2, 0.25) is 5.91 Å². The first-order chi connectivity index (χ1) is 15.9. The van der Waals surface area contributed by atoms with Crippen LogP contribution in [0.2, 0.25) is 0 Å². The largest absolute Gasteiger partial charge is 0.486 e. The van der Waals surface area contributed by atoms with Crippen LogP contribution in [0.1, 0.15) is 47.4 Å².